The smallest absolute Gasteiger partial charge is 0.387 e. The second kappa shape index (κ2) is 6.36. The fourth-order valence-electron chi connectivity index (χ4n) is 1.61. The molecule has 0 saturated carbocycles. The number of halogens is 3. The van der Waals surface area contributed by atoms with Crippen LogP contribution in [0.1, 0.15) is 10.4 Å². The minimum atomic E-state index is -2.99. The summed E-state index contributed by atoms with van der Waals surface area (Å²) in [5.74, 6) is -0.643. The normalized spacial score (nSPS) is 10.5. The van der Waals surface area contributed by atoms with Gasteiger partial charge in [0.05, 0.1) is 5.69 Å². The third-order valence-corrected chi connectivity index (χ3v) is 2.62. The molecule has 0 atom stereocenters. The van der Waals surface area contributed by atoms with Gasteiger partial charge in [0, 0.05) is 5.56 Å². The van der Waals surface area contributed by atoms with E-state index in [1.165, 1.54) is 30.3 Å². The van der Waals surface area contributed by atoms with Crippen LogP contribution in [0.4, 0.5) is 20.3 Å². The number of amides is 1. The molecule has 0 saturated heterocycles. The van der Waals surface area contributed by atoms with Gasteiger partial charge in [0.25, 0.3) is 5.91 Å². The summed E-state index contributed by atoms with van der Waals surface area (Å²) in [6.45, 7) is -2.99. The molecule has 0 radical (unpaired) electrons. The number of hydrogen-bond donors (Lipinski definition) is 2. The number of ether oxygens (including phenoxy) is 1. The highest BCUT2D eigenvalue weighted by molar-refractivity contribution is 6.30. The van der Waals surface area contributed by atoms with Crippen LogP contribution in [0, 0.1) is 0 Å². The van der Waals surface area contributed by atoms with Gasteiger partial charge in [-0.1, -0.05) is 23.7 Å². The monoisotopic (exact) mass is 313 g/mol. The van der Waals surface area contributed by atoms with Gasteiger partial charge >= 0.3 is 6.61 Å². The van der Waals surface area contributed by atoms with E-state index < -0.39 is 12.5 Å². The lowest BCUT2D eigenvalue weighted by atomic mass is 10.2. The van der Waals surface area contributed by atoms with Crippen molar-refractivity contribution in [2.75, 3.05) is 11.1 Å². The third-order valence-electron chi connectivity index (χ3n) is 2.43. The van der Waals surface area contributed by atoms with Gasteiger partial charge in [-0.05, 0) is 24.3 Å². The Morgan fingerprint density at radius 1 is 1.33 bits per heavy atom. The first-order valence-corrected chi connectivity index (χ1v) is 6.12. The number of benzene rings is 1. The highest BCUT2D eigenvalue weighted by Crippen LogP contribution is 2.26. The van der Waals surface area contributed by atoms with Gasteiger partial charge in [-0.25, -0.2) is 4.98 Å². The third kappa shape index (κ3) is 4.03. The quantitative estimate of drug-likeness (QED) is 0.850. The molecule has 5 nitrogen and oxygen atoms in total. The Balaban J connectivity index is 2.23. The molecule has 1 aromatic heterocycles. The van der Waals surface area contributed by atoms with E-state index in [1.807, 2.05) is 0 Å². The average Bonchev–Trinajstić information content (AvgIpc) is 2.39. The fraction of sp³-hybridized carbons (Fsp3) is 0.0769. The number of nitrogens with one attached hydrogen (secondary N) is 1. The van der Waals surface area contributed by atoms with Crippen molar-refractivity contribution in [3.05, 3.63) is 47.1 Å². The maximum Gasteiger partial charge on any atom is 0.387 e. The van der Waals surface area contributed by atoms with E-state index >= 15 is 0 Å². The van der Waals surface area contributed by atoms with Crippen molar-refractivity contribution in [3.63, 3.8) is 0 Å². The maximum atomic E-state index is 12.3. The number of hydrogen-bond acceptors (Lipinski definition) is 4. The van der Waals surface area contributed by atoms with Crippen LogP contribution in [0.5, 0.6) is 5.75 Å². The Morgan fingerprint density at radius 3 is 2.71 bits per heavy atom. The van der Waals surface area contributed by atoms with E-state index in [0.717, 1.165) is 0 Å². The number of rotatable bonds is 4. The number of nitrogens with two attached hydrogens (primary N) is 1. The van der Waals surface area contributed by atoms with Crippen LogP contribution in [-0.2, 0) is 0 Å². The summed E-state index contributed by atoms with van der Waals surface area (Å²) in [4.78, 5) is 15.8. The van der Waals surface area contributed by atoms with E-state index in [1.54, 1.807) is 6.07 Å². The van der Waals surface area contributed by atoms with Crippen LogP contribution in [0.15, 0.2) is 36.4 Å². The second-order valence-electron chi connectivity index (χ2n) is 3.93. The molecule has 0 aliphatic carbocycles. The summed E-state index contributed by atoms with van der Waals surface area (Å²) in [5.41, 5.74) is 5.75. The minimum Gasteiger partial charge on any atom is -0.433 e. The van der Waals surface area contributed by atoms with Crippen LogP contribution in [0.3, 0.4) is 0 Å². The van der Waals surface area contributed by atoms with E-state index in [4.69, 9.17) is 17.3 Å². The fourth-order valence-corrected chi connectivity index (χ4v) is 1.83. The summed E-state index contributed by atoms with van der Waals surface area (Å²) in [7, 11) is 0. The number of alkyl halides is 2. The topological polar surface area (TPSA) is 77.2 Å². The van der Waals surface area contributed by atoms with Crippen LogP contribution in [-0.4, -0.2) is 17.5 Å². The number of nitrogens with zero attached hydrogens (tertiary/aromatic N) is 1. The molecule has 2 rings (SSSR count). The van der Waals surface area contributed by atoms with Gasteiger partial charge in [-0.15, -0.1) is 0 Å². The Bertz CT molecular complexity index is 647. The van der Waals surface area contributed by atoms with Gasteiger partial charge in [0.15, 0.2) is 0 Å². The molecule has 1 aromatic carbocycles. The zero-order valence-corrected chi connectivity index (χ0v) is 11.3. The first-order valence-electron chi connectivity index (χ1n) is 5.74. The van der Waals surface area contributed by atoms with Crippen molar-refractivity contribution >= 4 is 29.0 Å². The Morgan fingerprint density at radius 2 is 2.05 bits per heavy atom. The highest BCUT2D eigenvalue weighted by atomic mass is 35.5. The molecule has 110 valence electrons. The second-order valence-corrected chi connectivity index (χ2v) is 4.32. The molecule has 2 aromatic rings. The summed E-state index contributed by atoms with van der Waals surface area (Å²) < 4.78 is 28.9. The molecule has 21 heavy (non-hydrogen) atoms. The Labute approximate surface area is 123 Å². The molecular formula is C13H10ClF2N3O2. The van der Waals surface area contributed by atoms with E-state index in [9.17, 15) is 13.6 Å². The van der Waals surface area contributed by atoms with Crippen LogP contribution >= 0.6 is 11.6 Å². The van der Waals surface area contributed by atoms with Crippen molar-refractivity contribution in [2.24, 2.45) is 0 Å². The lowest BCUT2D eigenvalue weighted by molar-refractivity contribution is -0.0493. The first kappa shape index (κ1) is 15.0. The lowest BCUT2D eigenvalue weighted by Crippen LogP contribution is -2.14. The van der Waals surface area contributed by atoms with Gasteiger partial charge in [-0.3, -0.25) is 4.79 Å². The zero-order valence-electron chi connectivity index (χ0n) is 10.5. The molecule has 1 heterocycles. The maximum absolute atomic E-state index is 12.3. The number of aromatic nitrogens is 1. The molecule has 0 spiro atoms. The lowest BCUT2D eigenvalue weighted by Gasteiger charge is -2.11. The summed E-state index contributed by atoms with van der Waals surface area (Å²) >= 11 is 5.70. The Hall–Kier alpha value is -2.41. The molecular weight excluding hydrogens is 304 g/mol. The molecule has 0 unspecified atom stereocenters. The molecule has 0 aliphatic rings. The first-order chi connectivity index (χ1) is 9.95. The molecule has 3 N–H and O–H groups in total. The number of anilines is 2. The molecule has 1 amide bonds. The predicted molar refractivity (Wildman–Crippen MR) is 74.7 cm³/mol. The average molecular weight is 314 g/mol. The Kier molecular flexibility index (Phi) is 4.54. The SMILES string of the molecule is Nc1cc(C(=O)Nc2ccccc2OC(F)F)cc(Cl)n1. The number of nitrogen functional groups attached to an aromatic ring is 1. The summed E-state index contributed by atoms with van der Waals surface area (Å²) in [5, 5.41) is 2.50. The summed E-state index contributed by atoms with van der Waals surface area (Å²) in [6, 6.07) is 8.45. The van der Waals surface area contributed by atoms with Crippen molar-refractivity contribution < 1.29 is 18.3 Å². The van der Waals surface area contributed by atoms with Crippen LogP contribution < -0.4 is 15.8 Å². The van der Waals surface area contributed by atoms with E-state index in [2.05, 4.69) is 15.0 Å². The number of pyridine rings is 1. The summed E-state index contributed by atoms with van der Waals surface area (Å²) in [6.07, 6.45) is 0. The van der Waals surface area contributed by atoms with Gasteiger partial charge in [-0.2, -0.15) is 8.78 Å². The largest absolute Gasteiger partial charge is 0.433 e. The van der Waals surface area contributed by atoms with Gasteiger partial charge < -0.3 is 15.8 Å². The van der Waals surface area contributed by atoms with E-state index in [0.29, 0.717) is 0 Å². The van der Waals surface area contributed by atoms with Crippen molar-refractivity contribution in [1.82, 2.24) is 4.98 Å². The minimum absolute atomic E-state index is 0.0530. The van der Waals surface area contributed by atoms with Crippen molar-refractivity contribution in [3.8, 4) is 5.75 Å². The van der Waals surface area contributed by atoms with Gasteiger partial charge in [0.2, 0.25) is 0 Å². The molecule has 0 fully saturated rings. The number of para-hydroxylation sites is 2. The molecule has 0 aliphatic heterocycles. The number of carbonyl (C=O) groups excluding carboxylic acids is 1. The van der Waals surface area contributed by atoms with Crippen molar-refractivity contribution in [2.45, 2.75) is 6.61 Å². The molecule has 0 bridgehead atoms. The number of carbonyl (C=O) groups is 1. The van der Waals surface area contributed by atoms with Crippen LogP contribution in [0.25, 0.3) is 0 Å². The zero-order chi connectivity index (χ0) is 15.4. The predicted octanol–water partition coefficient (Wildman–Crippen LogP) is 3.17. The van der Waals surface area contributed by atoms with E-state index in [-0.39, 0.29) is 28.0 Å². The highest BCUT2D eigenvalue weighted by Gasteiger charge is 2.13. The van der Waals surface area contributed by atoms with Gasteiger partial charge in [0.1, 0.15) is 16.7 Å². The standard InChI is InChI=1S/C13H10ClF2N3O2/c14-10-5-7(6-11(17)19-10)12(20)18-8-3-1-2-4-9(8)21-13(15)16/h1-6,13H,(H2,17,19)(H,18,20). The van der Waals surface area contributed by atoms with Crippen LogP contribution in [0.2, 0.25) is 5.15 Å². The van der Waals surface area contributed by atoms with Crippen molar-refractivity contribution in [1.29, 1.82) is 0 Å². The molecule has 8 heteroatoms.